The second-order valence-corrected chi connectivity index (χ2v) is 6.95. The average Bonchev–Trinajstić information content (AvgIpc) is 2.66. The first-order chi connectivity index (χ1) is 12.6. The first kappa shape index (κ1) is 20.2. The van der Waals surface area contributed by atoms with Crippen molar-refractivity contribution in [3.8, 4) is 0 Å². The zero-order valence-electron chi connectivity index (χ0n) is 16.4. The van der Waals surface area contributed by atoms with E-state index in [0.29, 0.717) is 6.54 Å². The van der Waals surface area contributed by atoms with Gasteiger partial charge in [0.05, 0.1) is 5.69 Å². The summed E-state index contributed by atoms with van der Waals surface area (Å²) in [7, 11) is 0. The van der Waals surface area contributed by atoms with Gasteiger partial charge in [0.15, 0.2) is 0 Å². The number of amides is 2. The predicted octanol–water partition coefficient (Wildman–Crippen LogP) is 4.17. The fourth-order valence-electron chi connectivity index (χ4n) is 3.60. The van der Waals surface area contributed by atoms with Crippen LogP contribution in [0, 0.1) is 0 Å². The van der Waals surface area contributed by atoms with Crippen LogP contribution in [0.1, 0.15) is 64.0 Å². The van der Waals surface area contributed by atoms with E-state index in [9.17, 15) is 9.59 Å². The highest BCUT2D eigenvalue weighted by Crippen LogP contribution is 2.27. The molecule has 2 amide bonds. The zero-order valence-corrected chi connectivity index (χ0v) is 16.4. The Bertz CT molecular complexity index is 642. The van der Waals surface area contributed by atoms with Gasteiger partial charge in [0.2, 0.25) is 11.8 Å². The van der Waals surface area contributed by atoms with E-state index < -0.39 is 0 Å². The van der Waals surface area contributed by atoms with Gasteiger partial charge in [-0.1, -0.05) is 43.7 Å². The molecule has 0 atom stereocenters. The lowest BCUT2D eigenvalue weighted by molar-refractivity contribution is -0.123. The van der Waals surface area contributed by atoms with Crippen LogP contribution in [0.4, 0.5) is 5.69 Å². The van der Waals surface area contributed by atoms with Crippen LogP contribution in [0.2, 0.25) is 0 Å². The fourth-order valence-corrected chi connectivity index (χ4v) is 3.60. The van der Waals surface area contributed by atoms with Crippen molar-refractivity contribution < 1.29 is 9.59 Å². The molecule has 142 valence electrons. The molecule has 0 fully saturated rings. The second-order valence-electron chi connectivity index (χ2n) is 6.95. The zero-order chi connectivity index (χ0) is 18.9. The van der Waals surface area contributed by atoms with Gasteiger partial charge in [-0.25, -0.2) is 0 Å². The molecule has 1 aliphatic carbocycles. The summed E-state index contributed by atoms with van der Waals surface area (Å²) in [4.78, 5) is 26.4. The van der Waals surface area contributed by atoms with E-state index in [-0.39, 0.29) is 18.4 Å². The third kappa shape index (κ3) is 5.45. The van der Waals surface area contributed by atoms with Crippen molar-refractivity contribution in [2.75, 3.05) is 18.0 Å². The minimum Gasteiger partial charge on any atom is -0.354 e. The Labute approximate surface area is 157 Å². The first-order valence-corrected chi connectivity index (χ1v) is 9.90. The lowest BCUT2D eigenvalue weighted by Gasteiger charge is -2.26. The molecule has 1 aliphatic rings. The smallest absolute Gasteiger partial charge is 0.240 e. The molecule has 26 heavy (non-hydrogen) atoms. The molecule has 0 bridgehead atoms. The SMILES string of the molecule is CCc1cccc(CC)c1N(CC(=O)NCCC1=CCCCC1)C(C)=O. The van der Waals surface area contributed by atoms with Gasteiger partial charge in [-0.3, -0.25) is 9.59 Å². The van der Waals surface area contributed by atoms with Gasteiger partial charge in [0.25, 0.3) is 0 Å². The van der Waals surface area contributed by atoms with Gasteiger partial charge in [-0.05, 0) is 56.1 Å². The number of nitrogens with zero attached hydrogens (tertiary/aromatic N) is 1. The van der Waals surface area contributed by atoms with Gasteiger partial charge in [-0.15, -0.1) is 0 Å². The van der Waals surface area contributed by atoms with Gasteiger partial charge in [-0.2, -0.15) is 0 Å². The normalized spacial score (nSPS) is 13.9. The third-order valence-electron chi connectivity index (χ3n) is 5.07. The summed E-state index contributed by atoms with van der Waals surface area (Å²) in [5, 5.41) is 2.99. The fraction of sp³-hybridized carbons (Fsp3) is 0.545. The molecule has 0 unspecified atom stereocenters. The van der Waals surface area contributed by atoms with Crippen molar-refractivity contribution in [3.05, 3.63) is 41.0 Å². The lowest BCUT2D eigenvalue weighted by atomic mass is 9.97. The Balaban J connectivity index is 2.03. The van der Waals surface area contributed by atoms with Crippen molar-refractivity contribution in [1.29, 1.82) is 0 Å². The summed E-state index contributed by atoms with van der Waals surface area (Å²) in [6.07, 6.45) is 9.74. The molecule has 0 aromatic heterocycles. The molecule has 0 spiro atoms. The van der Waals surface area contributed by atoms with Gasteiger partial charge in [0, 0.05) is 13.5 Å². The van der Waals surface area contributed by atoms with Crippen molar-refractivity contribution >= 4 is 17.5 Å². The van der Waals surface area contributed by atoms with E-state index >= 15 is 0 Å². The first-order valence-electron chi connectivity index (χ1n) is 9.90. The minimum atomic E-state index is -0.0930. The summed E-state index contributed by atoms with van der Waals surface area (Å²) in [6, 6.07) is 6.10. The molecule has 0 saturated carbocycles. The van der Waals surface area contributed by atoms with Crippen molar-refractivity contribution in [2.24, 2.45) is 0 Å². The summed E-state index contributed by atoms with van der Waals surface area (Å²) >= 11 is 0. The third-order valence-corrected chi connectivity index (χ3v) is 5.07. The molecular formula is C22H32N2O2. The van der Waals surface area contributed by atoms with Crippen LogP contribution in [-0.4, -0.2) is 24.9 Å². The highest BCUT2D eigenvalue weighted by atomic mass is 16.2. The number of para-hydroxylation sites is 1. The maximum atomic E-state index is 12.4. The lowest BCUT2D eigenvalue weighted by Crippen LogP contribution is -2.41. The number of allylic oxidation sites excluding steroid dienone is 1. The molecular weight excluding hydrogens is 324 g/mol. The molecule has 1 aromatic rings. The Hall–Kier alpha value is -2.10. The van der Waals surface area contributed by atoms with E-state index in [1.165, 1.54) is 25.3 Å². The summed E-state index contributed by atoms with van der Waals surface area (Å²) in [6.45, 7) is 6.42. The van der Waals surface area contributed by atoms with Gasteiger partial charge in [0.1, 0.15) is 6.54 Å². The number of benzene rings is 1. The molecule has 0 aliphatic heterocycles. The van der Waals surface area contributed by atoms with Crippen LogP contribution >= 0.6 is 0 Å². The van der Waals surface area contributed by atoms with Crippen molar-refractivity contribution in [1.82, 2.24) is 5.32 Å². The number of carbonyl (C=O) groups is 2. The Morgan fingerprint density at radius 2 is 1.81 bits per heavy atom. The molecule has 0 radical (unpaired) electrons. The maximum Gasteiger partial charge on any atom is 0.240 e. The van der Waals surface area contributed by atoms with Crippen LogP contribution < -0.4 is 10.2 Å². The van der Waals surface area contributed by atoms with Crippen LogP contribution in [0.15, 0.2) is 29.8 Å². The topological polar surface area (TPSA) is 49.4 Å². The van der Waals surface area contributed by atoms with E-state index in [2.05, 4.69) is 25.2 Å². The second kappa shape index (κ2) is 10.1. The van der Waals surface area contributed by atoms with Crippen molar-refractivity contribution in [2.45, 2.75) is 65.7 Å². The maximum absolute atomic E-state index is 12.4. The number of carbonyl (C=O) groups excluding carboxylic acids is 2. The number of anilines is 1. The van der Waals surface area contributed by atoms with E-state index in [1.54, 1.807) is 4.90 Å². The average molecular weight is 357 g/mol. The monoisotopic (exact) mass is 356 g/mol. The number of hydrogen-bond acceptors (Lipinski definition) is 2. The number of nitrogens with one attached hydrogen (secondary N) is 1. The summed E-state index contributed by atoms with van der Waals surface area (Å²) in [5.41, 5.74) is 4.58. The van der Waals surface area contributed by atoms with Crippen molar-refractivity contribution in [3.63, 3.8) is 0 Å². The molecule has 0 heterocycles. The summed E-state index contributed by atoms with van der Waals surface area (Å²) in [5.74, 6) is -0.185. The Kier molecular flexibility index (Phi) is 7.89. The molecule has 1 aromatic carbocycles. The highest BCUT2D eigenvalue weighted by molar-refractivity contribution is 5.98. The van der Waals surface area contributed by atoms with E-state index in [0.717, 1.165) is 48.9 Å². The molecule has 2 rings (SSSR count). The van der Waals surface area contributed by atoms with Gasteiger partial charge < -0.3 is 10.2 Å². The molecule has 4 heteroatoms. The highest BCUT2D eigenvalue weighted by Gasteiger charge is 2.20. The van der Waals surface area contributed by atoms with Crippen LogP contribution in [0.3, 0.4) is 0 Å². The quantitative estimate of drug-likeness (QED) is 0.711. The Morgan fingerprint density at radius 1 is 1.12 bits per heavy atom. The van der Waals surface area contributed by atoms with Gasteiger partial charge >= 0.3 is 0 Å². The molecule has 0 saturated heterocycles. The molecule has 4 nitrogen and oxygen atoms in total. The number of hydrogen-bond donors (Lipinski definition) is 1. The van der Waals surface area contributed by atoms with E-state index in [1.807, 2.05) is 18.2 Å². The van der Waals surface area contributed by atoms with Crippen LogP contribution in [0.5, 0.6) is 0 Å². The largest absolute Gasteiger partial charge is 0.354 e. The standard InChI is InChI=1S/C22H32N2O2/c1-4-19-12-9-13-20(5-2)22(19)24(17(3)25)16-21(26)23-15-14-18-10-7-6-8-11-18/h9-10,12-13H,4-8,11,14-16H2,1-3H3,(H,23,26). The summed E-state index contributed by atoms with van der Waals surface area (Å²) < 4.78 is 0. The minimum absolute atomic E-state index is 0.0817. The van der Waals surface area contributed by atoms with Crippen LogP contribution in [-0.2, 0) is 22.4 Å². The Morgan fingerprint density at radius 3 is 2.35 bits per heavy atom. The number of aryl methyl sites for hydroxylation is 2. The van der Waals surface area contributed by atoms with E-state index in [4.69, 9.17) is 0 Å². The number of rotatable bonds is 8. The molecule has 1 N–H and O–H groups in total. The van der Waals surface area contributed by atoms with Crippen LogP contribution in [0.25, 0.3) is 0 Å². The predicted molar refractivity (Wildman–Crippen MR) is 107 cm³/mol.